The van der Waals surface area contributed by atoms with Crippen LogP contribution in [0.25, 0.3) is 0 Å². The van der Waals surface area contributed by atoms with Crippen LogP contribution >= 0.6 is 15.9 Å². The van der Waals surface area contributed by atoms with Crippen LogP contribution in [0.4, 0.5) is 10.1 Å². The van der Waals surface area contributed by atoms with E-state index in [4.69, 9.17) is 5.73 Å². The van der Waals surface area contributed by atoms with Crippen LogP contribution in [0.5, 0.6) is 0 Å². The van der Waals surface area contributed by atoms with Crippen molar-refractivity contribution >= 4 is 31.6 Å². The van der Waals surface area contributed by atoms with Crippen LogP contribution in [0, 0.1) is 17.7 Å². The van der Waals surface area contributed by atoms with Crippen molar-refractivity contribution in [3.05, 3.63) is 22.4 Å². The third-order valence-corrected chi connectivity index (χ3v) is 5.24. The first-order chi connectivity index (χ1) is 8.31. The third-order valence-electron chi connectivity index (χ3n) is 3.15. The number of nitrogen functional groups attached to an aromatic ring is 1. The Labute approximate surface area is 114 Å². The van der Waals surface area contributed by atoms with E-state index in [1.54, 1.807) is 0 Å². The molecule has 1 aliphatic carbocycles. The van der Waals surface area contributed by atoms with Crippen molar-refractivity contribution in [2.75, 3.05) is 12.3 Å². The Hall–Kier alpha value is -0.660. The Morgan fingerprint density at radius 2 is 2.17 bits per heavy atom. The molecule has 4 nitrogen and oxygen atoms in total. The van der Waals surface area contributed by atoms with Crippen LogP contribution in [-0.4, -0.2) is 15.0 Å². The molecule has 1 aromatic carbocycles. The molecule has 18 heavy (non-hydrogen) atoms. The van der Waals surface area contributed by atoms with Gasteiger partial charge in [0.05, 0.1) is 10.2 Å². The molecule has 0 radical (unpaired) electrons. The normalized spacial score (nSPS) is 23.1. The molecular weight excluding hydrogens is 323 g/mol. The van der Waals surface area contributed by atoms with Crippen LogP contribution in [0.1, 0.15) is 13.3 Å². The smallest absolute Gasteiger partial charge is 0.242 e. The zero-order chi connectivity index (χ0) is 13.5. The van der Waals surface area contributed by atoms with Crippen molar-refractivity contribution in [2.24, 2.45) is 11.8 Å². The van der Waals surface area contributed by atoms with Gasteiger partial charge in [-0.25, -0.2) is 17.5 Å². The molecule has 2 atom stereocenters. The molecule has 0 aromatic heterocycles. The van der Waals surface area contributed by atoms with Crippen LogP contribution < -0.4 is 10.5 Å². The second kappa shape index (κ2) is 4.79. The fraction of sp³-hybridized carbons (Fsp3) is 0.455. The maximum Gasteiger partial charge on any atom is 0.242 e. The van der Waals surface area contributed by atoms with Crippen molar-refractivity contribution in [3.63, 3.8) is 0 Å². The number of anilines is 1. The average Bonchev–Trinajstić information content (AvgIpc) is 2.97. The van der Waals surface area contributed by atoms with Crippen molar-refractivity contribution in [2.45, 2.75) is 18.2 Å². The molecule has 0 spiro atoms. The van der Waals surface area contributed by atoms with Gasteiger partial charge in [-0.1, -0.05) is 6.92 Å². The molecule has 0 heterocycles. The van der Waals surface area contributed by atoms with Crippen molar-refractivity contribution < 1.29 is 12.8 Å². The van der Waals surface area contributed by atoms with Gasteiger partial charge in [-0.05, 0) is 46.3 Å². The van der Waals surface area contributed by atoms with Crippen molar-refractivity contribution in [1.29, 1.82) is 0 Å². The highest BCUT2D eigenvalue weighted by Crippen LogP contribution is 2.37. The summed E-state index contributed by atoms with van der Waals surface area (Å²) in [6.45, 7) is 2.47. The van der Waals surface area contributed by atoms with Gasteiger partial charge in [-0.15, -0.1) is 0 Å². The fourth-order valence-corrected chi connectivity index (χ4v) is 3.48. The van der Waals surface area contributed by atoms with E-state index < -0.39 is 15.8 Å². The third kappa shape index (κ3) is 2.84. The van der Waals surface area contributed by atoms with E-state index in [9.17, 15) is 12.8 Å². The summed E-state index contributed by atoms with van der Waals surface area (Å²) in [6.07, 6.45) is 1.03. The summed E-state index contributed by atoms with van der Waals surface area (Å²) in [5.74, 6) is 0.372. The minimum absolute atomic E-state index is 0.0804. The Morgan fingerprint density at radius 1 is 1.56 bits per heavy atom. The maximum atomic E-state index is 13.2. The minimum Gasteiger partial charge on any atom is -0.398 e. The van der Waals surface area contributed by atoms with Gasteiger partial charge in [-0.3, -0.25) is 0 Å². The number of benzene rings is 1. The molecule has 1 aromatic rings. The lowest BCUT2D eigenvalue weighted by atomic mass is 10.3. The van der Waals surface area contributed by atoms with Gasteiger partial charge in [-0.2, -0.15) is 0 Å². The minimum atomic E-state index is -3.68. The summed E-state index contributed by atoms with van der Waals surface area (Å²) in [4.78, 5) is -0.0934. The summed E-state index contributed by atoms with van der Waals surface area (Å²) < 4.78 is 39.8. The predicted molar refractivity (Wildman–Crippen MR) is 71.0 cm³/mol. The van der Waals surface area contributed by atoms with Gasteiger partial charge in [0.2, 0.25) is 10.0 Å². The first-order valence-electron chi connectivity index (χ1n) is 5.55. The molecule has 2 rings (SSSR count). The molecule has 7 heteroatoms. The fourth-order valence-electron chi connectivity index (χ4n) is 1.75. The Kier molecular flexibility index (Phi) is 3.66. The van der Waals surface area contributed by atoms with Gasteiger partial charge in [0.1, 0.15) is 10.7 Å². The van der Waals surface area contributed by atoms with Gasteiger partial charge < -0.3 is 5.73 Å². The average molecular weight is 337 g/mol. The predicted octanol–water partition coefficient (Wildman–Crippen LogP) is 2.10. The number of sulfonamides is 1. The van der Waals surface area contributed by atoms with Gasteiger partial charge in [0.25, 0.3) is 0 Å². The van der Waals surface area contributed by atoms with Crippen LogP contribution in [0.2, 0.25) is 0 Å². The number of halogens is 2. The molecule has 1 saturated carbocycles. The van der Waals surface area contributed by atoms with Crippen LogP contribution in [0.3, 0.4) is 0 Å². The Bertz CT molecular complexity index is 577. The quantitative estimate of drug-likeness (QED) is 0.827. The highest BCUT2D eigenvalue weighted by Gasteiger charge is 2.33. The first-order valence-corrected chi connectivity index (χ1v) is 7.83. The molecule has 0 amide bonds. The molecule has 100 valence electrons. The number of hydrogen-bond donors (Lipinski definition) is 2. The van der Waals surface area contributed by atoms with Crippen molar-refractivity contribution in [1.82, 2.24) is 4.72 Å². The first kappa shape index (κ1) is 13.8. The summed E-state index contributed by atoms with van der Waals surface area (Å²) in [5, 5.41) is 0. The van der Waals surface area contributed by atoms with Gasteiger partial charge >= 0.3 is 0 Å². The van der Waals surface area contributed by atoms with Crippen LogP contribution in [0.15, 0.2) is 21.5 Å². The monoisotopic (exact) mass is 336 g/mol. The summed E-state index contributed by atoms with van der Waals surface area (Å²) in [7, 11) is -3.68. The topological polar surface area (TPSA) is 72.2 Å². The second-order valence-corrected chi connectivity index (χ2v) is 7.22. The maximum absolute atomic E-state index is 13.2. The van der Waals surface area contributed by atoms with E-state index in [1.165, 1.54) is 6.07 Å². The SMILES string of the molecule is CC1CC1CNS(=O)(=O)c1cc(Br)c(F)cc1N. The van der Waals surface area contributed by atoms with E-state index >= 15 is 0 Å². The highest BCUT2D eigenvalue weighted by atomic mass is 79.9. The van der Waals surface area contributed by atoms with E-state index in [-0.39, 0.29) is 15.1 Å². The molecule has 1 aliphatic rings. The number of rotatable bonds is 4. The van der Waals surface area contributed by atoms with Crippen molar-refractivity contribution in [3.8, 4) is 0 Å². The van der Waals surface area contributed by atoms with E-state index in [0.717, 1.165) is 12.5 Å². The van der Waals surface area contributed by atoms with E-state index in [2.05, 4.69) is 27.6 Å². The molecule has 2 unspecified atom stereocenters. The second-order valence-electron chi connectivity index (χ2n) is 4.63. The molecule has 0 bridgehead atoms. The number of nitrogens with one attached hydrogen (secondary N) is 1. The number of nitrogens with two attached hydrogens (primary N) is 1. The summed E-state index contributed by atoms with van der Waals surface area (Å²) in [6, 6.07) is 2.18. The zero-order valence-electron chi connectivity index (χ0n) is 9.78. The largest absolute Gasteiger partial charge is 0.398 e. The highest BCUT2D eigenvalue weighted by molar-refractivity contribution is 9.10. The van der Waals surface area contributed by atoms with Crippen LogP contribution in [-0.2, 0) is 10.0 Å². The zero-order valence-corrected chi connectivity index (χ0v) is 12.2. The summed E-state index contributed by atoms with van der Waals surface area (Å²) >= 11 is 2.95. The summed E-state index contributed by atoms with van der Waals surface area (Å²) in [5.41, 5.74) is 5.46. The molecule has 0 aliphatic heterocycles. The van der Waals surface area contributed by atoms with Gasteiger partial charge in [0.15, 0.2) is 0 Å². The number of hydrogen-bond acceptors (Lipinski definition) is 3. The van der Waals surface area contributed by atoms with E-state index in [1.807, 2.05) is 0 Å². The van der Waals surface area contributed by atoms with E-state index in [0.29, 0.717) is 18.4 Å². The lowest BCUT2D eigenvalue weighted by molar-refractivity contribution is 0.574. The molecule has 3 N–H and O–H groups in total. The molecular formula is C11H14BrFN2O2S. The lowest BCUT2D eigenvalue weighted by Crippen LogP contribution is -2.27. The Balaban J connectivity index is 2.21. The molecule has 0 saturated heterocycles. The lowest BCUT2D eigenvalue weighted by Gasteiger charge is -2.09. The Morgan fingerprint density at radius 3 is 2.72 bits per heavy atom. The standard InChI is InChI=1S/C11H14BrFN2O2S/c1-6-2-7(6)5-15-18(16,17)11-3-8(12)9(13)4-10(11)14/h3-4,6-7,15H,2,5,14H2,1H3. The van der Waals surface area contributed by atoms with Gasteiger partial charge in [0, 0.05) is 6.54 Å². The molecule has 1 fully saturated rings.